The molecule has 0 aromatic carbocycles. The maximum Gasteiger partial charge on any atom is 0.345 e. The number of nitro groups is 1. The summed E-state index contributed by atoms with van der Waals surface area (Å²) in [5.74, 6) is -2.46. The summed E-state index contributed by atoms with van der Waals surface area (Å²) in [4.78, 5) is 46.5. The predicted octanol–water partition coefficient (Wildman–Crippen LogP) is 1.38. The fourth-order valence-electron chi connectivity index (χ4n) is 2.38. The number of esters is 1. The van der Waals surface area contributed by atoms with Crippen LogP contribution in [0.3, 0.4) is 0 Å². The van der Waals surface area contributed by atoms with Crippen LogP contribution in [0, 0.1) is 24.0 Å². The second-order valence-corrected chi connectivity index (χ2v) is 6.47. The van der Waals surface area contributed by atoms with Gasteiger partial charge in [-0.1, -0.05) is 5.10 Å². The molecule has 2 heterocycles. The molecule has 0 aliphatic rings. The average Bonchev–Trinajstić information content (AvgIpc) is 3.07. The fourth-order valence-corrected chi connectivity index (χ4v) is 3.45. The van der Waals surface area contributed by atoms with Gasteiger partial charge in [0.2, 0.25) is 0 Å². The number of nitrogens with one attached hydrogen (secondary N) is 1. The van der Waals surface area contributed by atoms with Gasteiger partial charge in [0, 0.05) is 0 Å². The van der Waals surface area contributed by atoms with Crippen LogP contribution in [0.4, 0.5) is 10.8 Å². The van der Waals surface area contributed by atoms with Crippen molar-refractivity contribution in [2.24, 2.45) is 5.73 Å². The van der Waals surface area contributed by atoms with Gasteiger partial charge in [-0.15, -0.1) is 16.0 Å². The molecule has 2 aromatic rings. The Labute approximate surface area is 157 Å². The van der Waals surface area contributed by atoms with Gasteiger partial charge in [-0.25, -0.2) is 4.79 Å². The fraction of sp³-hybridized carbons (Fsp3) is 0.333. The number of aryl methyl sites for hydroxylation is 1. The van der Waals surface area contributed by atoms with Crippen LogP contribution in [0.1, 0.15) is 38.2 Å². The Morgan fingerprint density at radius 3 is 2.63 bits per heavy atom. The highest BCUT2D eigenvalue weighted by atomic mass is 32.1. The summed E-state index contributed by atoms with van der Waals surface area (Å²) in [5, 5.41) is 17.5. The van der Waals surface area contributed by atoms with Crippen LogP contribution in [0.25, 0.3) is 0 Å². The molecule has 0 saturated carbocycles. The van der Waals surface area contributed by atoms with Crippen molar-refractivity contribution in [2.75, 3.05) is 11.9 Å². The molecule has 144 valence electrons. The first-order valence-corrected chi connectivity index (χ1v) is 8.56. The van der Waals surface area contributed by atoms with E-state index in [0.29, 0.717) is 11.3 Å². The summed E-state index contributed by atoms with van der Waals surface area (Å²) in [6.07, 6.45) is 0. The SMILES string of the molecule is CCOC(=O)c1c(NC(=O)Cn2nc(C)cc2[N+](=O)[O-])sc(C(N)=O)c1C. The molecular formula is C15H17N5O6S. The molecule has 0 aliphatic heterocycles. The van der Waals surface area contributed by atoms with Gasteiger partial charge in [0.25, 0.3) is 11.8 Å². The third-order valence-corrected chi connectivity index (χ3v) is 4.69. The zero-order chi connectivity index (χ0) is 20.3. The van der Waals surface area contributed by atoms with Crippen molar-refractivity contribution in [1.29, 1.82) is 0 Å². The number of hydrogen-bond acceptors (Lipinski definition) is 8. The van der Waals surface area contributed by atoms with Gasteiger partial charge in [0.15, 0.2) is 6.54 Å². The average molecular weight is 395 g/mol. The number of rotatable bonds is 7. The lowest BCUT2D eigenvalue weighted by Crippen LogP contribution is -2.21. The van der Waals surface area contributed by atoms with Gasteiger partial charge in [-0.3, -0.25) is 9.59 Å². The molecule has 2 rings (SSSR count). The molecule has 0 saturated heterocycles. The molecule has 0 aliphatic carbocycles. The summed E-state index contributed by atoms with van der Waals surface area (Å²) >= 11 is 0.832. The molecule has 2 aromatic heterocycles. The number of nitrogens with zero attached hydrogens (tertiary/aromatic N) is 3. The van der Waals surface area contributed by atoms with Crippen molar-refractivity contribution < 1.29 is 24.0 Å². The Morgan fingerprint density at radius 1 is 1.41 bits per heavy atom. The standard InChI is InChI=1S/C15H17N5O6S/c1-4-26-15(23)11-8(3)12(13(16)22)27-14(11)17-9(21)6-19-10(20(24)25)5-7(2)18-19/h5H,4,6H2,1-3H3,(H2,16,22)(H,17,21). The summed E-state index contributed by atoms with van der Waals surface area (Å²) in [5.41, 5.74) is 6.00. The highest BCUT2D eigenvalue weighted by Crippen LogP contribution is 2.33. The van der Waals surface area contributed by atoms with Gasteiger partial charge in [0.05, 0.1) is 28.8 Å². The van der Waals surface area contributed by atoms with E-state index < -0.39 is 29.3 Å². The lowest BCUT2D eigenvalue weighted by atomic mass is 10.1. The molecule has 0 atom stereocenters. The van der Waals surface area contributed by atoms with Gasteiger partial charge < -0.3 is 25.9 Å². The molecule has 3 N–H and O–H groups in total. The number of amides is 2. The lowest BCUT2D eigenvalue weighted by molar-refractivity contribution is -0.392. The largest absolute Gasteiger partial charge is 0.462 e. The van der Waals surface area contributed by atoms with Gasteiger partial charge >= 0.3 is 11.8 Å². The molecule has 0 fully saturated rings. The smallest absolute Gasteiger partial charge is 0.345 e. The Bertz CT molecular complexity index is 932. The van der Waals surface area contributed by atoms with Crippen molar-refractivity contribution in [3.05, 3.63) is 37.9 Å². The topological polar surface area (TPSA) is 159 Å². The third-order valence-electron chi connectivity index (χ3n) is 3.46. The monoisotopic (exact) mass is 395 g/mol. The van der Waals surface area contributed by atoms with Crippen LogP contribution in [0.5, 0.6) is 0 Å². The molecule has 0 bridgehead atoms. The van der Waals surface area contributed by atoms with Crippen molar-refractivity contribution in [1.82, 2.24) is 9.78 Å². The second kappa shape index (κ2) is 7.95. The van der Waals surface area contributed by atoms with Crippen LogP contribution < -0.4 is 11.1 Å². The van der Waals surface area contributed by atoms with Crippen molar-refractivity contribution in [3.63, 3.8) is 0 Å². The quantitative estimate of drug-likeness (QED) is 0.407. The maximum atomic E-state index is 12.3. The van der Waals surface area contributed by atoms with E-state index in [1.54, 1.807) is 13.8 Å². The first kappa shape index (κ1) is 20.0. The molecule has 0 spiro atoms. The highest BCUT2D eigenvalue weighted by molar-refractivity contribution is 7.18. The minimum atomic E-state index is -0.748. The third kappa shape index (κ3) is 4.28. The number of thiophene rings is 1. The summed E-state index contributed by atoms with van der Waals surface area (Å²) in [6, 6.07) is 1.23. The van der Waals surface area contributed by atoms with E-state index in [9.17, 15) is 24.5 Å². The second-order valence-electron chi connectivity index (χ2n) is 5.45. The van der Waals surface area contributed by atoms with Crippen LogP contribution in [0.15, 0.2) is 6.07 Å². The number of aromatic nitrogens is 2. The highest BCUT2D eigenvalue weighted by Gasteiger charge is 2.27. The van der Waals surface area contributed by atoms with Crippen LogP contribution in [-0.2, 0) is 16.1 Å². The number of hydrogen-bond donors (Lipinski definition) is 2. The first-order valence-electron chi connectivity index (χ1n) is 7.74. The Balaban J connectivity index is 2.32. The van der Waals surface area contributed by atoms with Crippen molar-refractivity contribution in [3.8, 4) is 0 Å². The molecule has 2 amide bonds. The van der Waals surface area contributed by atoms with Gasteiger partial charge in [-0.05, 0) is 31.3 Å². The van der Waals surface area contributed by atoms with Crippen LogP contribution in [0.2, 0.25) is 0 Å². The molecular weight excluding hydrogens is 378 g/mol. The zero-order valence-corrected chi connectivity index (χ0v) is 15.6. The number of carbonyl (C=O) groups excluding carboxylic acids is 3. The van der Waals surface area contributed by atoms with Gasteiger partial charge in [0.1, 0.15) is 5.00 Å². The van der Waals surface area contributed by atoms with Crippen molar-refractivity contribution >= 4 is 39.9 Å². The Morgan fingerprint density at radius 2 is 2.07 bits per heavy atom. The molecule has 12 heteroatoms. The summed E-state index contributed by atoms with van der Waals surface area (Å²) < 4.78 is 5.89. The zero-order valence-electron chi connectivity index (χ0n) is 14.8. The van der Waals surface area contributed by atoms with Crippen LogP contribution in [-0.4, -0.2) is 39.1 Å². The molecule has 11 nitrogen and oxygen atoms in total. The van der Waals surface area contributed by atoms with E-state index in [2.05, 4.69) is 10.4 Å². The van der Waals surface area contributed by atoms with E-state index in [1.165, 1.54) is 13.0 Å². The summed E-state index contributed by atoms with van der Waals surface area (Å²) in [7, 11) is 0. The number of anilines is 1. The van der Waals surface area contributed by atoms with E-state index >= 15 is 0 Å². The van der Waals surface area contributed by atoms with Crippen molar-refractivity contribution in [2.45, 2.75) is 27.3 Å². The lowest BCUT2D eigenvalue weighted by Gasteiger charge is -2.06. The minimum Gasteiger partial charge on any atom is -0.462 e. The first-order chi connectivity index (χ1) is 12.6. The molecule has 0 unspecified atom stereocenters. The maximum absolute atomic E-state index is 12.3. The number of primary amides is 1. The summed E-state index contributed by atoms with van der Waals surface area (Å²) in [6.45, 7) is 4.34. The molecule has 0 radical (unpaired) electrons. The van der Waals surface area contributed by atoms with E-state index in [4.69, 9.17) is 10.5 Å². The molecule has 27 heavy (non-hydrogen) atoms. The Hall–Kier alpha value is -3.28. The van der Waals surface area contributed by atoms with Gasteiger partial charge in [-0.2, -0.15) is 0 Å². The normalized spacial score (nSPS) is 10.5. The number of ether oxygens (including phenoxy) is 1. The number of nitrogens with two attached hydrogens (primary N) is 1. The Kier molecular flexibility index (Phi) is 5.90. The van der Waals surface area contributed by atoms with E-state index in [-0.39, 0.29) is 27.9 Å². The van der Waals surface area contributed by atoms with E-state index in [0.717, 1.165) is 16.0 Å². The number of carbonyl (C=O) groups is 3. The minimum absolute atomic E-state index is 0.0233. The van der Waals surface area contributed by atoms with E-state index in [1.807, 2.05) is 0 Å². The van der Waals surface area contributed by atoms with Crippen LogP contribution >= 0.6 is 11.3 Å². The predicted molar refractivity (Wildman–Crippen MR) is 95.8 cm³/mol.